The second kappa shape index (κ2) is 3.66. The zero-order valence-electron chi connectivity index (χ0n) is 9.94. The number of benzene rings is 1. The summed E-state index contributed by atoms with van der Waals surface area (Å²) in [4.78, 5) is 16.0. The molecule has 2 heteroatoms. The first-order valence-electron chi connectivity index (χ1n) is 6.04. The van der Waals surface area contributed by atoms with Gasteiger partial charge in [0.05, 0.1) is 5.52 Å². The highest BCUT2D eigenvalue weighted by Crippen LogP contribution is 2.39. The van der Waals surface area contributed by atoms with Crippen LogP contribution in [0.15, 0.2) is 36.5 Å². The van der Waals surface area contributed by atoms with Crippen molar-refractivity contribution < 1.29 is 4.79 Å². The number of hydrogen-bond acceptors (Lipinski definition) is 2. The van der Waals surface area contributed by atoms with Crippen LogP contribution in [0, 0.1) is 0 Å². The minimum Gasteiger partial charge on any atom is -0.300 e. The van der Waals surface area contributed by atoms with Crippen molar-refractivity contribution >= 4 is 16.7 Å². The fraction of sp³-hybridized carbons (Fsp3) is 0.333. The first-order valence-corrected chi connectivity index (χ1v) is 6.04. The minimum atomic E-state index is -0.00584. The second-order valence-corrected chi connectivity index (χ2v) is 5.19. The summed E-state index contributed by atoms with van der Waals surface area (Å²) in [7, 11) is 0. The van der Waals surface area contributed by atoms with Gasteiger partial charge < -0.3 is 0 Å². The maximum Gasteiger partial charge on any atom is 0.133 e. The number of carbonyl (C=O) groups excluding carboxylic acids is 1. The number of Topliss-reactive ketones (excluding diaryl/α,β-unsaturated/α-hetero) is 1. The van der Waals surface area contributed by atoms with E-state index in [1.807, 2.05) is 24.4 Å². The van der Waals surface area contributed by atoms with Crippen LogP contribution in [0.5, 0.6) is 0 Å². The van der Waals surface area contributed by atoms with Crippen LogP contribution in [-0.4, -0.2) is 10.8 Å². The van der Waals surface area contributed by atoms with Gasteiger partial charge in [-0.3, -0.25) is 9.78 Å². The number of carbonyl (C=O) groups is 1. The molecule has 0 saturated heterocycles. The fourth-order valence-electron chi connectivity index (χ4n) is 2.67. The van der Waals surface area contributed by atoms with E-state index in [1.54, 1.807) is 0 Å². The lowest BCUT2D eigenvalue weighted by Crippen LogP contribution is -2.18. The lowest BCUT2D eigenvalue weighted by atomic mass is 9.81. The number of rotatable bonds is 1. The lowest BCUT2D eigenvalue weighted by molar-refractivity contribution is -0.117. The molecule has 17 heavy (non-hydrogen) atoms. The zero-order chi connectivity index (χ0) is 11.9. The Labute approximate surface area is 101 Å². The predicted octanol–water partition coefficient (Wildman–Crippen LogP) is 3.25. The third-order valence-electron chi connectivity index (χ3n) is 3.83. The fourth-order valence-corrected chi connectivity index (χ4v) is 2.67. The predicted molar refractivity (Wildman–Crippen MR) is 68.0 cm³/mol. The van der Waals surface area contributed by atoms with Crippen LogP contribution in [0.2, 0.25) is 0 Å². The highest BCUT2D eigenvalue weighted by molar-refractivity contribution is 5.84. The number of para-hydroxylation sites is 1. The van der Waals surface area contributed by atoms with Crippen LogP contribution in [0.3, 0.4) is 0 Å². The Bertz CT molecular complexity index is 590. The van der Waals surface area contributed by atoms with Gasteiger partial charge in [-0.05, 0) is 24.1 Å². The third-order valence-corrected chi connectivity index (χ3v) is 3.83. The van der Waals surface area contributed by atoms with Crippen molar-refractivity contribution in [3.8, 4) is 0 Å². The highest BCUT2D eigenvalue weighted by Gasteiger charge is 2.35. The summed E-state index contributed by atoms with van der Waals surface area (Å²) in [6.07, 6.45) is 4.25. The van der Waals surface area contributed by atoms with E-state index in [4.69, 9.17) is 0 Å². The van der Waals surface area contributed by atoms with Gasteiger partial charge in [-0.1, -0.05) is 25.1 Å². The Kier molecular flexibility index (Phi) is 2.25. The van der Waals surface area contributed by atoms with Crippen molar-refractivity contribution in [1.82, 2.24) is 4.98 Å². The largest absolute Gasteiger partial charge is 0.300 e. The molecule has 1 aliphatic carbocycles. The minimum absolute atomic E-state index is 0.00584. The molecule has 3 rings (SSSR count). The molecule has 0 amide bonds. The van der Waals surface area contributed by atoms with Gasteiger partial charge in [-0.2, -0.15) is 0 Å². The van der Waals surface area contributed by atoms with Gasteiger partial charge in [0.2, 0.25) is 0 Å². The van der Waals surface area contributed by atoms with Crippen molar-refractivity contribution in [3.05, 3.63) is 42.1 Å². The monoisotopic (exact) mass is 225 g/mol. The molecule has 1 unspecified atom stereocenters. The smallest absolute Gasteiger partial charge is 0.133 e. The standard InChI is InChI=1S/C15H15NO/c1-15(7-6-13(17)9-15)12-8-11-4-2-3-5-14(11)16-10-12/h2-5,8,10H,6-7,9H2,1H3. The molecule has 0 N–H and O–H groups in total. The van der Waals surface area contributed by atoms with Crippen LogP contribution in [0.4, 0.5) is 0 Å². The molecule has 0 bridgehead atoms. The SMILES string of the molecule is CC1(c2cnc3ccccc3c2)CCC(=O)C1. The van der Waals surface area contributed by atoms with Crippen molar-refractivity contribution in [2.45, 2.75) is 31.6 Å². The van der Waals surface area contributed by atoms with Crippen LogP contribution >= 0.6 is 0 Å². The molecule has 0 spiro atoms. The van der Waals surface area contributed by atoms with Gasteiger partial charge >= 0.3 is 0 Å². The quantitative estimate of drug-likeness (QED) is 0.745. The lowest BCUT2D eigenvalue weighted by Gasteiger charge is -2.22. The van der Waals surface area contributed by atoms with Crippen molar-refractivity contribution in [2.24, 2.45) is 0 Å². The first-order chi connectivity index (χ1) is 8.17. The molecule has 1 aliphatic rings. The normalized spacial score (nSPS) is 24.4. The summed E-state index contributed by atoms with van der Waals surface area (Å²) in [5.74, 6) is 0.376. The van der Waals surface area contributed by atoms with Gasteiger partial charge in [0.25, 0.3) is 0 Å². The molecular formula is C15H15NO. The van der Waals surface area contributed by atoms with Gasteiger partial charge in [-0.15, -0.1) is 0 Å². The van der Waals surface area contributed by atoms with Gasteiger partial charge in [0.1, 0.15) is 5.78 Å². The van der Waals surface area contributed by atoms with E-state index in [0.29, 0.717) is 18.6 Å². The maximum atomic E-state index is 11.5. The summed E-state index contributed by atoms with van der Waals surface area (Å²) >= 11 is 0. The number of aromatic nitrogens is 1. The van der Waals surface area contributed by atoms with Crippen LogP contribution in [0.25, 0.3) is 10.9 Å². The molecule has 1 aromatic heterocycles. The molecule has 0 aliphatic heterocycles. The zero-order valence-corrected chi connectivity index (χ0v) is 9.94. The van der Waals surface area contributed by atoms with Crippen LogP contribution < -0.4 is 0 Å². The summed E-state index contributed by atoms with van der Waals surface area (Å²) in [5, 5.41) is 1.16. The van der Waals surface area contributed by atoms with E-state index >= 15 is 0 Å². The third kappa shape index (κ3) is 1.74. The van der Waals surface area contributed by atoms with E-state index in [0.717, 1.165) is 17.3 Å². The number of fused-ring (bicyclic) bond motifs is 1. The Morgan fingerprint density at radius 2 is 2.12 bits per heavy atom. The molecule has 1 atom stereocenters. The van der Waals surface area contributed by atoms with Gasteiger partial charge in [0.15, 0.2) is 0 Å². The molecule has 1 saturated carbocycles. The van der Waals surface area contributed by atoms with E-state index in [9.17, 15) is 4.79 Å². The molecular weight excluding hydrogens is 210 g/mol. The molecule has 86 valence electrons. The van der Waals surface area contributed by atoms with E-state index in [-0.39, 0.29) is 5.41 Å². The summed E-state index contributed by atoms with van der Waals surface area (Å²) in [6, 6.07) is 10.3. The maximum absolute atomic E-state index is 11.5. The van der Waals surface area contributed by atoms with Crippen LogP contribution in [0.1, 0.15) is 31.7 Å². The average molecular weight is 225 g/mol. The summed E-state index contributed by atoms with van der Waals surface area (Å²) in [5.41, 5.74) is 2.21. The Hall–Kier alpha value is -1.70. The molecule has 2 nitrogen and oxygen atoms in total. The summed E-state index contributed by atoms with van der Waals surface area (Å²) in [6.45, 7) is 2.17. The van der Waals surface area contributed by atoms with Gasteiger partial charge in [0, 0.05) is 29.8 Å². The molecule has 0 radical (unpaired) electrons. The molecule has 1 heterocycles. The first kappa shape index (κ1) is 10.5. The molecule has 1 fully saturated rings. The van der Waals surface area contributed by atoms with Crippen LogP contribution in [-0.2, 0) is 10.2 Å². The topological polar surface area (TPSA) is 30.0 Å². The van der Waals surface area contributed by atoms with Gasteiger partial charge in [-0.25, -0.2) is 0 Å². The molecule has 1 aromatic carbocycles. The van der Waals surface area contributed by atoms with E-state index in [2.05, 4.69) is 24.0 Å². The number of hydrogen-bond donors (Lipinski definition) is 0. The Morgan fingerprint density at radius 3 is 2.88 bits per heavy atom. The molecule has 2 aromatic rings. The van der Waals surface area contributed by atoms with Crippen molar-refractivity contribution in [1.29, 1.82) is 0 Å². The summed E-state index contributed by atoms with van der Waals surface area (Å²) < 4.78 is 0. The van der Waals surface area contributed by atoms with E-state index < -0.39 is 0 Å². The number of pyridine rings is 1. The number of nitrogens with zero attached hydrogens (tertiary/aromatic N) is 1. The average Bonchev–Trinajstić information content (AvgIpc) is 2.70. The second-order valence-electron chi connectivity index (χ2n) is 5.19. The van der Waals surface area contributed by atoms with Crippen molar-refractivity contribution in [3.63, 3.8) is 0 Å². The van der Waals surface area contributed by atoms with Crippen molar-refractivity contribution in [2.75, 3.05) is 0 Å². The Morgan fingerprint density at radius 1 is 1.29 bits per heavy atom. The highest BCUT2D eigenvalue weighted by atomic mass is 16.1. The Balaban J connectivity index is 2.09. The van der Waals surface area contributed by atoms with E-state index in [1.165, 1.54) is 5.56 Å². The number of ketones is 1.